The Morgan fingerprint density at radius 1 is 1.47 bits per heavy atom. The molecule has 0 aliphatic carbocycles. The minimum Gasteiger partial charge on any atom is -0.463 e. The van der Waals surface area contributed by atoms with Crippen molar-refractivity contribution in [3.05, 3.63) is 41.7 Å². The summed E-state index contributed by atoms with van der Waals surface area (Å²) < 4.78 is 19.0. The Labute approximate surface area is 96.9 Å². The van der Waals surface area contributed by atoms with Gasteiger partial charge in [-0.1, -0.05) is 6.07 Å². The highest BCUT2D eigenvalue weighted by atomic mass is 19.1. The molecule has 0 atom stereocenters. The first-order valence-corrected chi connectivity index (χ1v) is 4.89. The van der Waals surface area contributed by atoms with Gasteiger partial charge in [0, 0.05) is 0 Å². The van der Waals surface area contributed by atoms with Crippen LogP contribution >= 0.6 is 0 Å². The van der Waals surface area contributed by atoms with E-state index in [-0.39, 0.29) is 11.6 Å². The molecule has 1 aromatic heterocycles. The molecule has 1 heterocycles. The second-order valence-corrected chi connectivity index (χ2v) is 3.37. The summed E-state index contributed by atoms with van der Waals surface area (Å²) >= 11 is 0. The molecule has 0 aliphatic rings. The lowest BCUT2D eigenvalue weighted by Gasteiger charge is -2.01. The third-order valence-corrected chi connectivity index (χ3v) is 2.19. The van der Waals surface area contributed by atoms with Gasteiger partial charge in [0.25, 0.3) is 5.82 Å². The Morgan fingerprint density at radius 2 is 2.24 bits per heavy atom. The Balaban J connectivity index is 2.46. The van der Waals surface area contributed by atoms with Crippen LogP contribution in [0.1, 0.15) is 16.4 Å². The molecule has 0 spiro atoms. The van der Waals surface area contributed by atoms with E-state index in [1.165, 1.54) is 23.9 Å². The van der Waals surface area contributed by atoms with Crippen molar-refractivity contribution in [3.63, 3.8) is 0 Å². The molecule has 2 rings (SSSR count). The predicted octanol–water partition coefficient (Wildman–Crippen LogP) is 1.50. The summed E-state index contributed by atoms with van der Waals surface area (Å²) in [5.74, 6) is -0.564. The number of aromatic nitrogens is 3. The van der Waals surface area contributed by atoms with Crippen LogP contribution in [0.5, 0.6) is 0 Å². The van der Waals surface area contributed by atoms with Crippen molar-refractivity contribution in [1.29, 1.82) is 0 Å². The molecule has 0 N–H and O–H groups in total. The Kier molecular flexibility index (Phi) is 2.86. The number of nitrogens with zero attached hydrogens (tertiary/aromatic N) is 3. The molecule has 0 aliphatic heterocycles. The summed E-state index contributed by atoms with van der Waals surface area (Å²) in [5, 5.41) is 3.96. The SMILES string of the molecule is COC(=O)c1nc(C)n(-c2cccc(F)c2)n1. The molecule has 0 amide bonds. The molecule has 6 heteroatoms. The number of methoxy groups -OCH3 is 1. The monoisotopic (exact) mass is 235 g/mol. The number of ether oxygens (including phenoxy) is 1. The van der Waals surface area contributed by atoms with E-state index in [2.05, 4.69) is 14.8 Å². The lowest BCUT2D eigenvalue weighted by atomic mass is 10.3. The van der Waals surface area contributed by atoms with Gasteiger partial charge in [0.05, 0.1) is 12.8 Å². The molecular weight excluding hydrogens is 225 g/mol. The number of halogens is 1. The maximum absolute atomic E-state index is 13.1. The van der Waals surface area contributed by atoms with E-state index in [0.29, 0.717) is 11.5 Å². The van der Waals surface area contributed by atoms with Crippen molar-refractivity contribution in [3.8, 4) is 5.69 Å². The van der Waals surface area contributed by atoms with Gasteiger partial charge in [-0.15, -0.1) is 5.10 Å². The average molecular weight is 235 g/mol. The molecule has 5 nitrogen and oxygen atoms in total. The molecule has 88 valence electrons. The van der Waals surface area contributed by atoms with Gasteiger partial charge in [-0.25, -0.2) is 18.9 Å². The third kappa shape index (κ3) is 2.15. The van der Waals surface area contributed by atoms with Crippen molar-refractivity contribution in [2.75, 3.05) is 7.11 Å². The summed E-state index contributed by atoms with van der Waals surface area (Å²) in [6.45, 7) is 1.67. The minimum atomic E-state index is -0.622. The molecular formula is C11H10FN3O2. The Hall–Kier alpha value is -2.24. The number of benzene rings is 1. The molecule has 0 bridgehead atoms. The second kappa shape index (κ2) is 4.32. The van der Waals surface area contributed by atoms with Crippen molar-refractivity contribution in [2.24, 2.45) is 0 Å². The lowest BCUT2D eigenvalue weighted by Crippen LogP contribution is -2.05. The summed E-state index contributed by atoms with van der Waals surface area (Å²) in [4.78, 5) is 15.2. The number of esters is 1. The number of rotatable bonds is 2. The molecule has 0 saturated heterocycles. The zero-order valence-electron chi connectivity index (χ0n) is 9.35. The number of hydrogen-bond acceptors (Lipinski definition) is 4. The van der Waals surface area contributed by atoms with Crippen LogP contribution in [0.4, 0.5) is 4.39 Å². The standard InChI is InChI=1S/C11H10FN3O2/c1-7-13-10(11(16)17-2)14-15(7)9-5-3-4-8(12)6-9/h3-6H,1-2H3. The van der Waals surface area contributed by atoms with Crippen LogP contribution in [-0.4, -0.2) is 27.8 Å². The first kappa shape index (κ1) is 11.3. The van der Waals surface area contributed by atoms with Crippen LogP contribution in [0.3, 0.4) is 0 Å². The molecule has 0 radical (unpaired) electrons. The smallest absolute Gasteiger partial charge is 0.377 e. The maximum Gasteiger partial charge on any atom is 0.377 e. The fourth-order valence-corrected chi connectivity index (χ4v) is 1.42. The summed E-state index contributed by atoms with van der Waals surface area (Å²) in [5.41, 5.74) is 0.505. The molecule has 0 unspecified atom stereocenters. The molecule has 0 fully saturated rings. The summed E-state index contributed by atoms with van der Waals surface area (Å²) in [7, 11) is 1.25. The van der Waals surface area contributed by atoms with Crippen molar-refractivity contribution in [1.82, 2.24) is 14.8 Å². The largest absolute Gasteiger partial charge is 0.463 e. The van der Waals surface area contributed by atoms with Gasteiger partial charge in [0.15, 0.2) is 0 Å². The highest BCUT2D eigenvalue weighted by Gasteiger charge is 2.15. The summed E-state index contributed by atoms with van der Waals surface area (Å²) in [6, 6.07) is 5.87. The number of hydrogen-bond donors (Lipinski definition) is 0. The van der Waals surface area contributed by atoms with Crippen LogP contribution in [0.15, 0.2) is 24.3 Å². The average Bonchev–Trinajstić information content (AvgIpc) is 2.70. The number of carbonyl (C=O) groups excluding carboxylic acids is 1. The maximum atomic E-state index is 13.1. The molecule has 0 saturated carbocycles. The Bertz CT molecular complexity index is 566. The fourth-order valence-electron chi connectivity index (χ4n) is 1.42. The first-order valence-electron chi connectivity index (χ1n) is 4.89. The van der Waals surface area contributed by atoms with Crippen molar-refractivity contribution < 1.29 is 13.9 Å². The summed E-state index contributed by atoms with van der Waals surface area (Å²) in [6.07, 6.45) is 0. The van der Waals surface area contributed by atoms with Gasteiger partial charge in [-0.05, 0) is 25.1 Å². The van der Waals surface area contributed by atoms with E-state index in [9.17, 15) is 9.18 Å². The predicted molar refractivity (Wildman–Crippen MR) is 57.4 cm³/mol. The fraction of sp³-hybridized carbons (Fsp3) is 0.182. The first-order chi connectivity index (χ1) is 8.11. The van der Waals surface area contributed by atoms with Crippen LogP contribution in [-0.2, 0) is 4.74 Å². The van der Waals surface area contributed by atoms with Gasteiger partial charge in [0.2, 0.25) is 0 Å². The zero-order valence-corrected chi connectivity index (χ0v) is 9.35. The number of carbonyl (C=O) groups is 1. The van der Waals surface area contributed by atoms with E-state index in [1.54, 1.807) is 19.1 Å². The molecule has 17 heavy (non-hydrogen) atoms. The zero-order chi connectivity index (χ0) is 12.4. The van der Waals surface area contributed by atoms with Gasteiger partial charge in [-0.2, -0.15) is 0 Å². The van der Waals surface area contributed by atoms with Gasteiger partial charge in [0.1, 0.15) is 11.6 Å². The number of aryl methyl sites for hydroxylation is 1. The van der Waals surface area contributed by atoms with Crippen molar-refractivity contribution >= 4 is 5.97 Å². The molecule has 2 aromatic rings. The normalized spacial score (nSPS) is 10.3. The van der Waals surface area contributed by atoms with Crippen LogP contribution < -0.4 is 0 Å². The van der Waals surface area contributed by atoms with E-state index in [4.69, 9.17) is 0 Å². The van der Waals surface area contributed by atoms with Crippen LogP contribution in [0, 0.1) is 12.7 Å². The second-order valence-electron chi connectivity index (χ2n) is 3.37. The highest BCUT2D eigenvalue weighted by molar-refractivity contribution is 5.84. The third-order valence-electron chi connectivity index (χ3n) is 2.19. The van der Waals surface area contributed by atoms with Gasteiger partial charge >= 0.3 is 5.97 Å². The minimum absolute atomic E-state index is 0.0470. The topological polar surface area (TPSA) is 57.0 Å². The quantitative estimate of drug-likeness (QED) is 0.740. The van der Waals surface area contributed by atoms with Crippen molar-refractivity contribution in [2.45, 2.75) is 6.92 Å². The van der Waals surface area contributed by atoms with E-state index < -0.39 is 5.97 Å². The lowest BCUT2D eigenvalue weighted by molar-refractivity contribution is 0.0587. The highest BCUT2D eigenvalue weighted by Crippen LogP contribution is 2.11. The van der Waals surface area contributed by atoms with E-state index in [0.717, 1.165) is 0 Å². The van der Waals surface area contributed by atoms with Crippen LogP contribution in [0.2, 0.25) is 0 Å². The van der Waals surface area contributed by atoms with Gasteiger partial charge in [-0.3, -0.25) is 0 Å². The van der Waals surface area contributed by atoms with Gasteiger partial charge < -0.3 is 4.74 Å². The van der Waals surface area contributed by atoms with Crippen LogP contribution in [0.25, 0.3) is 5.69 Å². The van der Waals surface area contributed by atoms with E-state index in [1.807, 2.05) is 0 Å². The molecule has 1 aromatic carbocycles. The Morgan fingerprint density at radius 3 is 2.88 bits per heavy atom. The van der Waals surface area contributed by atoms with E-state index >= 15 is 0 Å².